The van der Waals surface area contributed by atoms with Crippen LogP contribution in [0.5, 0.6) is 5.75 Å². The molecule has 2 aromatic rings. The van der Waals surface area contributed by atoms with E-state index in [1.54, 1.807) is 37.5 Å². The summed E-state index contributed by atoms with van der Waals surface area (Å²) in [6.45, 7) is 5.89. The van der Waals surface area contributed by atoms with Crippen molar-refractivity contribution < 1.29 is 14.3 Å². The zero-order valence-corrected chi connectivity index (χ0v) is 15.5. The number of aryl methyl sites for hydroxylation is 1. The fourth-order valence-corrected chi connectivity index (χ4v) is 2.98. The Hall–Kier alpha value is -3.34. The van der Waals surface area contributed by atoms with Crippen LogP contribution in [0.1, 0.15) is 18.1 Å². The summed E-state index contributed by atoms with van der Waals surface area (Å²) in [4.78, 5) is 26.9. The highest BCUT2D eigenvalue weighted by Crippen LogP contribution is 2.31. The van der Waals surface area contributed by atoms with Gasteiger partial charge in [-0.2, -0.15) is 0 Å². The normalized spacial score (nSPS) is 13.9. The van der Waals surface area contributed by atoms with Gasteiger partial charge in [-0.25, -0.2) is 0 Å². The molecule has 0 aliphatic carbocycles. The Balaban J connectivity index is 2.03. The lowest BCUT2D eigenvalue weighted by Crippen LogP contribution is -2.32. The van der Waals surface area contributed by atoms with Crippen molar-refractivity contribution >= 4 is 23.1 Å². The highest BCUT2D eigenvalue weighted by molar-refractivity contribution is 6.36. The first kappa shape index (κ1) is 18.5. The average Bonchev–Trinajstić information content (AvgIpc) is 2.93. The van der Waals surface area contributed by atoms with Crippen LogP contribution in [0.2, 0.25) is 0 Å². The first-order valence-corrected chi connectivity index (χ1v) is 8.80. The molecule has 1 aliphatic heterocycles. The molecule has 1 N–H and O–H groups in total. The first-order valence-electron chi connectivity index (χ1n) is 8.80. The summed E-state index contributed by atoms with van der Waals surface area (Å²) in [6.07, 6.45) is 2.48. The van der Waals surface area contributed by atoms with Crippen LogP contribution in [0.15, 0.2) is 66.9 Å². The zero-order valence-electron chi connectivity index (χ0n) is 15.5. The van der Waals surface area contributed by atoms with Crippen LogP contribution in [0.4, 0.5) is 5.69 Å². The number of carbonyl (C=O) groups is 2. The molecule has 138 valence electrons. The fourth-order valence-electron chi connectivity index (χ4n) is 2.98. The predicted octanol–water partition coefficient (Wildman–Crippen LogP) is 3.64. The van der Waals surface area contributed by atoms with E-state index < -0.39 is 0 Å². The quantitative estimate of drug-likeness (QED) is 0.604. The molecule has 0 saturated carbocycles. The molecule has 2 aromatic carbocycles. The lowest BCUT2D eigenvalue weighted by molar-refractivity contribution is -0.136. The number of hydrogen-bond acceptors (Lipinski definition) is 4. The lowest BCUT2D eigenvalue weighted by atomic mass is 10.0. The second-order valence-electron chi connectivity index (χ2n) is 6.16. The summed E-state index contributed by atoms with van der Waals surface area (Å²) < 4.78 is 5.18. The van der Waals surface area contributed by atoms with Gasteiger partial charge in [-0.15, -0.1) is 6.58 Å². The molecule has 0 atom stereocenters. The minimum Gasteiger partial charge on any atom is -0.497 e. The molecule has 0 fully saturated rings. The number of nitrogens with zero attached hydrogens (tertiary/aromatic N) is 1. The van der Waals surface area contributed by atoms with Crippen molar-refractivity contribution in [1.29, 1.82) is 0 Å². The van der Waals surface area contributed by atoms with Gasteiger partial charge in [0.1, 0.15) is 11.4 Å². The van der Waals surface area contributed by atoms with E-state index in [2.05, 4.69) is 18.8 Å². The van der Waals surface area contributed by atoms with Crippen molar-refractivity contribution in [3.8, 4) is 5.75 Å². The molecule has 0 spiro atoms. The molecule has 0 unspecified atom stereocenters. The predicted molar refractivity (Wildman–Crippen MR) is 106 cm³/mol. The van der Waals surface area contributed by atoms with Crippen LogP contribution in [-0.4, -0.2) is 30.4 Å². The molecule has 0 bridgehead atoms. The Kier molecular flexibility index (Phi) is 5.41. The van der Waals surface area contributed by atoms with Crippen LogP contribution in [0, 0.1) is 0 Å². The molecule has 1 heterocycles. The topological polar surface area (TPSA) is 58.6 Å². The zero-order chi connectivity index (χ0) is 19.4. The minimum atomic E-state index is -0.356. The molecule has 1 aliphatic rings. The summed E-state index contributed by atoms with van der Waals surface area (Å²) in [6, 6.07) is 14.9. The first-order chi connectivity index (χ1) is 13.1. The second kappa shape index (κ2) is 7.91. The third kappa shape index (κ3) is 3.62. The van der Waals surface area contributed by atoms with Gasteiger partial charge in [0.2, 0.25) is 0 Å². The van der Waals surface area contributed by atoms with Gasteiger partial charge < -0.3 is 10.1 Å². The standard InChI is InChI=1S/C22H22N2O3/c1-4-14-24-21(25)19(16-8-12-18(27-3)13-9-16)20(22(24)26)23-17-10-6-15(5-2)7-11-17/h4,6-13,23H,1,5,14H2,2-3H3. The molecule has 0 saturated heterocycles. The van der Waals surface area contributed by atoms with Gasteiger partial charge in [-0.3, -0.25) is 14.5 Å². The summed E-state index contributed by atoms with van der Waals surface area (Å²) >= 11 is 0. The maximum absolute atomic E-state index is 12.9. The van der Waals surface area contributed by atoms with E-state index in [0.717, 1.165) is 12.1 Å². The number of benzene rings is 2. The van der Waals surface area contributed by atoms with Crippen LogP contribution < -0.4 is 10.1 Å². The Morgan fingerprint density at radius 1 is 1.04 bits per heavy atom. The molecule has 2 amide bonds. The van der Waals surface area contributed by atoms with Gasteiger partial charge in [-0.05, 0) is 41.8 Å². The average molecular weight is 362 g/mol. The Morgan fingerprint density at radius 2 is 1.70 bits per heavy atom. The number of anilines is 1. The smallest absolute Gasteiger partial charge is 0.278 e. The third-order valence-corrected chi connectivity index (χ3v) is 4.49. The Bertz CT molecular complexity index is 896. The number of methoxy groups -OCH3 is 1. The summed E-state index contributed by atoms with van der Waals surface area (Å²) in [5.41, 5.74) is 3.25. The largest absolute Gasteiger partial charge is 0.497 e. The van der Waals surface area contributed by atoms with Crippen molar-refractivity contribution in [3.05, 3.63) is 78.0 Å². The van der Waals surface area contributed by atoms with E-state index in [0.29, 0.717) is 16.9 Å². The number of nitrogens with one attached hydrogen (secondary N) is 1. The molecule has 5 nitrogen and oxygen atoms in total. The maximum Gasteiger partial charge on any atom is 0.278 e. The highest BCUT2D eigenvalue weighted by atomic mass is 16.5. The van der Waals surface area contributed by atoms with Crippen LogP contribution in [-0.2, 0) is 16.0 Å². The summed E-state index contributed by atoms with van der Waals surface area (Å²) in [7, 11) is 1.58. The molecule has 27 heavy (non-hydrogen) atoms. The Morgan fingerprint density at radius 3 is 2.26 bits per heavy atom. The number of imide groups is 1. The number of rotatable bonds is 7. The van der Waals surface area contributed by atoms with E-state index in [1.807, 2.05) is 24.3 Å². The van der Waals surface area contributed by atoms with Crippen molar-refractivity contribution in [2.24, 2.45) is 0 Å². The number of amides is 2. The molecular weight excluding hydrogens is 340 g/mol. The van der Waals surface area contributed by atoms with Gasteiger partial charge in [0.05, 0.1) is 12.7 Å². The number of carbonyl (C=O) groups excluding carboxylic acids is 2. The monoisotopic (exact) mass is 362 g/mol. The number of ether oxygens (including phenoxy) is 1. The van der Waals surface area contributed by atoms with Crippen molar-refractivity contribution in [3.63, 3.8) is 0 Å². The fraction of sp³-hybridized carbons (Fsp3) is 0.182. The van der Waals surface area contributed by atoms with E-state index in [1.165, 1.54) is 10.5 Å². The lowest BCUT2D eigenvalue weighted by Gasteiger charge is -2.12. The van der Waals surface area contributed by atoms with Crippen LogP contribution >= 0.6 is 0 Å². The maximum atomic E-state index is 12.9. The summed E-state index contributed by atoms with van der Waals surface area (Å²) in [5, 5.41) is 3.14. The van der Waals surface area contributed by atoms with Gasteiger partial charge in [0.15, 0.2) is 0 Å². The summed E-state index contributed by atoms with van der Waals surface area (Å²) in [5.74, 6) is -0.00763. The van der Waals surface area contributed by atoms with Crippen LogP contribution in [0.25, 0.3) is 5.57 Å². The third-order valence-electron chi connectivity index (χ3n) is 4.49. The number of hydrogen-bond donors (Lipinski definition) is 1. The molecule has 0 radical (unpaired) electrons. The highest BCUT2D eigenvalue weighted by Gasteiger charge is 2.38. The van der Waals surface area contributed by atoms with Crippen molar-refractivity contribution in [2.75, 3.05) is 19.0 Å². The molecule has 5 heteroatoms. The van der Waals surface area contributed by atoms with E-state index >= 15 is 0 Å². The van der Waals surface area contributed by atoms with Gasteiger partial charge >= 0.3 is 0 Å². The molecular formula is C22H22N2O3. The van der Waals surface area contributed by atoms with Crippen molar-refractivity contribution in [1.82, 2.24) is 4.90 Å². The molecule has 3 rings (SSSR count). The van der Waals surface area contributed by atoms with Crippen LogP contribution in [0.3, 0.4) is 0 Å². The SMILES string of the molecule is C=CCN1C(=O)C(Nc2ccc(CC)cc2)=C(c2ccc(OC)cc2)C1=O. The van der Waals surface area contributed by atoms with Crippen molar-refractivity contribution in [2.45, 2.75) is 13.3 Å². The van der Waals surface area contributed by atoms with E-state index in [9.17, 15) is 9.59 Å². The molecule has 0 aromatic heterocycles. The van der Waals surface area contributed by atoms with Gasteiger partial charge in [0.25, 0.3) is 11.8 Å². The second-order valence-corrected chi connectivity index (χ2v) is 6.16. The minimum absolute atomic E-state index is 0.164. The van der Waals surface area contributed by atoms with Gasteiger partial charge in [0, 0.05) is 12.2 Å². The Labute approximate surface area is 158 Å². The van der Waals surface area contributed by atoms with E-state index in [4.69, 9.17) is 4.74 Å². The van der Waals surface area contributed by atoms with E-state index in [-0.39, 0.29) is 24.1 Å². The van der Waals surface area contributed by atoms with Gasteiger partial charge in [-0.1, -0.05) is 37.3 Å².